The third-order valence-corrected chi connectivity index (χ3v) is 4.10. The third kappa shape index (κ3) is 6.15. The van der Waals surface area contributed by atoms with Crippen LogP contribution in [-0.2, 0) is 6.54 Å². The maximum absolute atomic E-state index is 12.1. The SMILES string of the molecule is CCN(CC)c1ccc(NC(=S)NCc2ccc(OC(F)F)cc2)cc1. The Morgan fingerprint density at radius 2 is 1.65 bits per heavy atom. The van der Waals surface area contributed by atoms with Crippen molar-refractivity contribution in [2.75, 3.05) is 23.3 Å². The molecule has 7 heteroatoms. The van der Waals surface area contributed by atoms with Crippen LogP contribution in [0, 0.1) is 0 Å². The standard InChI is InChI=1S/C19H23F2N3OS/c1-3-24(4-2)16-9-7-15(8-10-16)23-19(26)22-13-14-5-11-17(12-6-14)25-18(20)21/h5-12,18H,3-4,13H2,1-2H3,(H2,22,23,26). The van der Waals surface area contributed by atoms with E-state index in [2.05, 4.69) is 46.3 Å². The molecule has 0 radical (unpaired) electrons. The zero-order valence-corrected chi connectivity index (χ0v) is 15.7. The molecule has 2 rings (SSSR count). The lowest BCUT2D eigenvalue weighted by atomic mass is 10.2. The Labute approximate surface area is 158 Å². The van der Waals surface area contributed by atoms with Crippen molar-refractivity contribution < 1.29 is 13.5 Å². The first-order chi connectivity index (χ1) is 12.5. The molecule has 26 heavy (non-hydrogen) atoms. The number of anilines is 2. The monoisotopic (exact) mass is 379 g/mol. The minimum atomic E-state index is -2.82. The highest BCUT2D eigenvalue weighted by Gasteiger charge is 2.05. The summed E-state index contributed by atoms with van der Waals surface area (Å²) >= 11 is 5.29. The molecule has 2 N–H and O–H groups in total. The maximum Gasteiger partial charge on any atom is 0.387 e. The average Bonchev–Trinajstić information content (AvgIpc) is 2.63. The first-order valence-electron chi connectivity index (χ1n) is 8.45. The van der Waals surface area contributed by atoms with Crippen LogP contribution in [0.5, 0.6) is 5.75 Å². The van der Waals surface area contributed by atoms with Crippen molar-refractivity contribution in [3.63, 3.8) is 0 Å². The predicted molar refractivity (Wildman–Crippen MR) is 106 cm³/mol. The second-order valence-electron chi connectivity index (χ2n) is 5.55. The van der Waals surface area contributed by atoms with E-state index in [4.69, 9.17) is 12.2 Å². The fraction of sp³-hybridized carbons (Fsp3) is 0.316. The van der Waals surface area contributed by atoms with Gasteiger partial charge in [-0.3, -0.25) is 0 Å². The van der Waals surface area contributed by atoms with E-state index >= 15 is 0 Å². The molecule has 0 bridgehead atoms. The summed E-state index contributed by atoms with van der Waals surface area (Å²) in [6, 6.07) is 14.5. The van der Waals surface area contributed by atoms with Gasteiger partial charge in [0, 0.05) is 31.0 Å². The molecular weight excluding hydrogens is 356 g/mol. The second kappa shape index (κ2) is 9.91. The lowest BCUT2D eigenvalue weighted by Gasteiger charge is -2.21. The average molecular weight is 379 g/mol. The highest BCUT2D eigenvalue weighted by Crippen LogP contribution is 2.18. The van der Waals surface area contributed by atoms with Gasteiger partial charge in [-0.2, -0.15) is 8.78 Å². The van der Waals surface area contributed by atoms with Crippen molar-refractivity contribution in [3.8, 4) is 5.75 Å². The summed E-state index contributed by atoms with van der Waals surface area (Å²) in [4.78, 5) is 2.27. The number of hydrogen-bond donors (Lipinski definition) is 2. The molecule has 0 aliphatic carbocycles. The molecule has 0 fully saturated rings. The van der Waals surface area contributed by atoms with Crippen LogP contribution in [0.15, 0.2) is 48.5 Å². The Bertz CT molecular complexity index is 689. The number of thiocarbonyl (C=S) groups is 1. The van der Waals surface area contributed by atoms with E-state index in [1.54, 1.807) is 12.1 Å². The summed E-state index contributed by atoms with van der Waals surface area (Å²) in [5.41, 5.74) is 2.98. The minimum absolute atomic E-state index is 0.137. The van der Waals surface area contributed by atoms with Crippen molar-refractivity contribution in [2.24, 2.45) is 0 Å². The molecule has 2 aromatic rings. The number of halogens is 2. The topological polar surface area (TPSA) is 36.5 Å². The number of hydrogen-bond acceptors (Lipinski definition) is 3. The second-order valence-corrected chi connectivity index (χ2v) is 5.96. The molecule has 0 spiro atoms. The Kier molecular flexibility index (Phi) is 7.59. The molecule has 0 atom stereocenters. The quantitative estimate of drug-likeness (QED) is 0.655. The van der Waals surface area contributed by atoms with E-state index in [-0.39, 0.29) is 5.75 Å². The minimum Gasteiger partial charge on any atom is -0.435 e. The number of rotatable bonds is 8. The van der Waals surface area contributed by atoms with E-state index in [9.17, 15) is 8.78 Å². The lowest BCUT2D eigenvalue weighted by Crippen LogP contribution is -2.28. The summed E-state index contributed by atoms with van der Waals surface area (Å²) in [6.45, 7) is 3.85. The molecule has 0 amide bonds. The first-order valence-corrected chi connectivity index (χ1v) is 8.86. The van der Waals surface area contributed by atoms with Crippen molar-refractivity contribution in [3.05, 3.63) is 54.1 Å². The Morgan fingerprint density at radius 3 is 2.19 bits per heavy atom. The van der Waals surface area contributed by atoms with Crippen LogP contribution in [0.1, 0.15) is 19.4 Å². The number of alkyl halides is 2. The molecule has 2 aromatic carbocycles. The van der Waals surface area contributed by atoms with E-state index in [1.165, 1.54) is 17.8 Å². The van der Waals surface area contributed by atoms with Gasteiger partial charge in [-0.15, -0.1) is 0 Å². The normalized spacial score (nSPS) is 10.5. The Morgan fingerprint density at radius 1 is 1.04 bits per heavy atom. The number of benzene rings is 2. The zero-order chi connectivity index (χ0) is 18.9. The van der Waals surface area contributed by atoms with Gasteiger partial charge in [0.15, 0.2) is 5.11 Å². The summed E-state index contributed by atoms with van der Waals surface area (Å²) in [7, 11) is 0. The number of ether oxygens (including phenoxy) is 1. The van der Waals surface area contributed by atoms with Gasteiger partial charge < -0.3 is 20.3 Å². The van der Waals surface area contributed by atoms with Crippen molar-refractivity contribution in [1.82, 2.24) is 5.32 Å². The number of nitrogens with one attached hydrogen (secondary N) is 2. The van der Waals surface area contributed by atoms with Crippen molar-refractivity contribution >= 4 is 28.7 Å². The smallest absolute Gasteiger partial charge is 0.387 e. The molecule has 4 nitrogen and oxygen atoms in total. The molecule has 0 heterocycles. The number of nitrogens with zero attached hydrogens (tertiary/aromatic N) is 1. The van der Waals surface area contributed by atoms with Gasteiger partial charge in [-0.25, -0.2) is 0 Å². The van der Waals surface area contributed by atoms with Gasteiger partial charge in [0.1, 0.15) is 5.75 Å². The fourth-order valence-corrected chi connectivity index (χ4v) is 2.68. The first kappa shape index (κ1) is 19.9. The van der Waals surface area contributed by atoms with E-state index in [0.717, 1.165) is 24.3 Å². The molecule has 140 valence electrons. The summed E-state index contributed by atoms with van der Waals surface area (Å²) in [5.74, 6) is 0.137. The lowest BCUT2D eigenvalue weighted by molar-refractivity contribution is -0.0498. The van der Waals surface area contributed by atoms with Crippen LogP contribution in [0.2, 0.25) is 0 Å². The summed E-state index contributed by atoms with van der Waals surface area (Å²) in [6.07, 6.45) is 0. The highest BCUT2D eigenvalue weighted by molar-refractivity contribution is 7.80. The van der Waals surface area contributed by atoms with Gasteiger partial charge in [-0.05, 0) is 68.0 Å². The Hall–Kier alpha value is -2.41. The molecule has 0 saturated carbocycles. The molecule has 0 aromatic heterocycles. The largest absolute Gasteiger partial charge is 0.435 e. The molecule has 0 unspecified atom stereocenters. The van der Waals surface area contributed by atoms with E-state index < -0.39 is 6.61 Å². The van der Waals surface area contributed by atoms with Crippen LogP contribution in [0.25, 0.3) is 0 Å². The van der Waals surface area contributed by atoms with Crippen LogP contribution < -0.4 is 20.3 Å². The van der Waals surface area contributed by atoms with E-state index in [0.29, 0.717) is 11.7 Å². The molecule has 0 aliphatic heterocycles. The van der Waals surface area contributed by atoms with Gasteiger partial charge in [0.25, 0.3) is 0 Å². The summed E-state index contributed by atoms with van der Waals surface area (Å²) in [5, 5.41) is 6.71. The van der Waals surface area contributed by atoms with Crippen LogP contribution >= 0.6 is 12.2 Å². The Balaban J connectivity index is 1.83. The molecule has 0 saturated heterocycles. The third-order valence-electron chi connectivity index (χ3n) is 3.86. The zero-order valence-electron chi connectivity index (χ0n) is 14.8. The van der Waals surface area contributed by atoms with Gasteiger partial charge in [-0.1, -0.05) is 12.1 Å². The molecular formula is C19H23F2N3OS. The van der Waals surface area contributed by atoms with E-state index in [1.807, 2.05) is 12.1 Å². The summed E-state index contributed by atoms with van der Waals surface area (Å²) < 4.78 is 28.6. The fourth-order valence-electron chi connectivity index (χ4n) is 2.49. The predicted octanol–water partition coefficient (Wildman–Crippen LogP) is 4.62. The van der Waals surface area contributed by atoms with Crippen molar-refractivity contribution in [1.29, 1.82) is 0 Å². The van der Waals surface area contributed by atoms with Gasteiger partial charge >= 0.3 is 6.61 Å². The molecule has 0 aliphatic rings. The van der Waals surface area contributed by atoms with Crippen LogP contribution in [0.3, 0.4) is 0 Å². The van der Waals surface area contributed by atoms with Crippen LogP contribution in [0.4, 0.5) is 20.2 Å². The van der Waals surface area contributed by atoms with Crippen LogP contribution in [-0.4, -0.2) is 24.8 Å². The maximum atomic E-state index is 12.1. The van der Waals surface area contributed by atoms with Crippen molar-refractivity contribution in [2.45, 2.75) is 27.0 Å². The highest BCUT2D eigenvalue weighted by atomic mass is 32.1. The van der Waals surface area contributed by atoms with Gasteiger partial charge in [0.2, 0.25) is 0 Å². The van der Waals surface area contributed by atoms with Gasteiger partial charge in [0.05, 0.1) is 0 Å².